The maximum Gasteiger partial charge on any atom is 0.337 e. The quantitative estimate of drug-likeness (QED) is 0.139. The van der Waals surface area contributed by atoms with Crippen molar-refractivity contribution >= 4 is 58.6 Å². The molecule has 0 amide bonds. The first-order chi connectivity index (χ1) is 20.9. The van der Waals surface area contributed by atoms with Crippen molar-refractivity contribution in [2.24, 2.45) is 0 Å². The zero-order valence-electron chi connectivity index (χ0n) is 24.3. The van der Waals surface area contributed by atoms with E-state index in [2.05, 4.69) is 13.8 Å². The van der Waals surface area contributed by atoms with E-state index in [1.807, 2.05) is 50.2 Å². The number of carbonyl (C=O) groups excluding carboxylic acids is 2. The van der Waals surface area contributed by atoms with Crippen LogP contribution in [-0.2, 0) is 32.8 Å². The second-order valence-corrected chi connectivity index (χ2v) is 11.3. The molecule has 4 aromatic carbocycles. The molecular formula is C33H30Cl4O7. The van der Waals surface area contributed by atoms with Gasteiger partial charge in [0, 0.05) is 17.0 Å². The zero-order valence-corrected chi connectivity index (χ0v) is 27.4. The van der Waals surface area contributed by atoms with Crippen molar-refractivity contribution < 1.29 is 33.2 Å². The minimum absolute atomic E-state index is 0.190. The lowest BCUT2D eigenvalue weighted by molar-refractivity contribution is 0.0592. The molecule has 0 saturated carbocycles. The minimum atomic E-state index is -0.518. The van der Waals surface area contributed by atoms with Crippen molar-refractivity contribution in [2.75, 3.05) is 14.2 Å². The van der Waals surface area contributed by atoms with Crippen LogP contribution >= 0.6 is 46.7 Å². The van der Waals surface area contributed by atoms with E-state index in [9.17, 15) is 14.7 Å². The number of phenolic OH excluding ortho intramolecular Hbond substituents is 1. The summed E-state index contributed by atoms with van der Waals surface area (Å²) in [6.07, 6.45) is 0. The summed E-state index contributed by atoms with van der Waals surface area (Å²) in [5.74, 6) is -0.319. The molecule has 232 valence electrons. The minimum Gasteiger partial charge on any atom is -0.508 e. The van der Waals surface area contributed by atoms with Gasteiger partial charge in [0.2, 0.25) is 0 Å². The highest BCUT2D eigenvalue weighted by atomic mass is 35.5. The molecule has 0 heterocycles. The van der Waals surface area contributed by atoms with Gasteiger partial charge in [-0.05, 0) is 53.1 Å². The van der Waals surface area contributed by atoms with Crippen molar-refractivity contribution in [3.8, 4) is 11.5 Å². The van der Waals surface area contributed by atoms with E-state index in [-0.39, 0.29) is 33.5 Å². The van der Waals surface area contributed by atoms with Crippen molar-refractivity contribution in [3.05, 3.63) is 127 Å². The van der Waals surface area contributed by atoms with Crippen LogP contribution in [0.1, 0.15) is 56.8 Å². The summed E-state index contributed by atoms with van der Waals surface area (Å²) in [5, 5.41) is 10.3. The predicted molar refractivity (Wildman–Crippen MR) is 172 cm³/mol. The fourth-order valence-electron chi connectivity index (χ4n) is 4.22. The fraction of sp³-hybridized carbons (Fsp3) is 0.212. The summed E-state index contributed by atoms with van der Waals surface area (Å²) in [4.78, 5) is 22.7. The van der Waals surface area contributed by atoms with Crippen molar-refractivity contribution in [1.29, 1.82) is 0 Å². The number of phenols is 1. The Morgan fingerprint density at radius 2 is 1.18 bits per heavy atom. The average Bonchev–Trinajstić information content (AvgIpc) is 3.03. The summed E-state index contributed by atoms with van der Waals surface area (Å²) in [5.41, 5.74) is 4.02. The second-order valence-electron chi connectivity index (χ2n) is 9.98. The van der Waals surface area contributed by atoms with E-state index in [0.29, 0.717) is 34.9 Å². The van der Waals surface area contributed by atoms with Crippen LogP contribution in [0.3, 0.4) is 0 Å². The molecular weight excluding hydrogens is 650 g/mol. The summed E-state index contributed by atoms with van der Waals surface area (Å²) in [6, 6.07) is 22.5. The van der Waals surface area contributed by atoms with Crippen LogP contribution < -0.4 is 4.29 Å². The van der Waals surface area contributed by atoms with E-state index in [1.54, 1.807) is 36.4 Å². The van der Waals surface area contributed by atoms with Gasteiger partial charge in [0.05, 0.1) is 48.6 Å². The zero-order chi connectivity index (χ0) is 32.4. The Hall–Kier alpha value is -3.46. The molecule has 0 spiro atoms. The van der Waals surface area contributed by atoms with Crippen LogP contribution in [0.4, 0.5) is 0 Å². The second kappa shape index (κ2) is 16.0. The third kappa shape index (κ3) is 8.80. The summed E-state index contributed by atoms with van der Waals surface area (Å²) in [6.45, 7) is 4.79. The highest BCUT2D eigenvalue weighted by molar-refractivity contribution is 6.45. The summed E-state index contributed by atoms with van der Waals surface area (Å²) < 4.78 is 19.6. The lowest BCUT2D eigenvalue weighted by Gasteiger charge is -2.29. The number of hydrogen-bond donors (Lipinski definition) is 1. The van der Waals surface area contributed by atoms with Gasteiger partial charge in [0.1, 0.15) is 22.6 Å². The Morgan fingerprint density at radius 1 is 0.727 bits per heavy atom. The van der Waals surface area contributed by atoms with Crippen molar-refractivity contribution in [1.82, 2.24) is 0 Å². The largest absolute Gasteiger partial charge is 0.508 e. The lowest BCUT2D eigenvalue weighted by Crippen LogP contribution is -2.20. The normalized spacial score (nSPS) is 10.8. The summed E-state index contributed by atoms with van der Waals surface area (Å²) in [7, 11) is 2.70. The first kappa shape index (κ1) is 35.0. The molecule has 44 heavy (non-hydrogen) atoms. The van der Waals surface area contributed by atoms with E-state index < -0.39 is 5.41 Å². The van der Waals surface area contributed by atoms with E-state index in [0.717, 1.165) is 16.7 Å². The third-order valence-corrected chi connectivity index (χ3v) is 8.02. The van der Waals surface area contributed by atoms with Crippen molar-refractivity contribution in [3.63, 3.8) is 0 Å². The van der Waals surface area contributed by atoms with Crippen LogP contribution in [-0.4, -0.2) is 31.3 Å². The lowest BCUT2D eigenvalue weighted by atomic mass is 9.78. The molecule has 0 aromatic heterocycles. The Labute approximate surface area is 276 Å². The molecule has 11 heteroatoms. The van der Waals surface area contributed by atoms with Gasteiger partial charge >= 0.3 is 11.9 Å². The van der Waals surface area contributed by atoms with Crippen LogP contribution in [0.5, 0.6) is 11.5 Å². The van der Waals surface area contributed by atoms with Gasteiger partial charge in [-0.2, -0.15) is 0 Å². The molecule has 4 rings (SSSR count). The number of methoxy groups -OCH3 is 2. The Kier molecular flexibility index (Phi) is 12.8. The molecule has 0 radical (unpaired) electrons. The summed E-state index contributed by atoms with van der Waals surface area (Å²) >= 11 is 24.2. The van der Waals surface area contributed by atoms with Crippen LogP contribution in [0, 0.1) is 0 Å². The number of halogens is 4. The number of rotatable bonds is 9. The molecule has 7 nitrogen and oxygen atoms in total. The van der Waals surface area contributed by atoms with Crippen molar-refractivity contribution in [2.45, 2.75) is 32.5 Å². The van der Waals surface area contributed by atoms with Gasteiger partial charge in [0.25, 0.3) is 0 Å². The maximum atomic E-state index is 11.3. The predicted octanol–water partition coefficient (Wildman–Crippen LogP) is 9.19. The highest BCUT2D eigenvalue weighted by Gasteiger charge is 2.31. The van der Waals surface area contributed by atoms with Crippen LogP contribution in [0.25, 0.3) is 0 Å². The molecule has 0 bridgehead atoms. The van der Waals surface area contributed by atoms with E-state index in [1.165, 1.54) is 20.3 Å². The van der Waals surface area contributed by atoms with Gasteiger partial charge in [-0.3, -0.25) is 0 Å². The number of carbonyl (C=O) groups is 2. The molecule has 4 aromatic rings. The third-order valence-electron chi connectivity index (χ3n) is 6.71. The number of ether oxygens (including phenoxy) is 3. The number of hydrogen-bond acceptors (Lipinski definition) is 7. The Balaban J connectivity index is 0.000000241. The van der Waals surface area contributed by atoms with Gasteiger partial charge in [-0.25, -0.2) is 9.59 Å². The average molecular weight is 680 g/mol. The molecule has 0 fully saturated rings. The molecule has 0 aliphatic rings. The van der Waals surface area contributed by atoms with Gasteiger partial charge < -0.3 is 23.6 Å². The smallest absolute Gasteiger partial charge is 0.337 e. The van der Waals surface area contributed by atoms with Gasteiger partial charge in [-0.15, -0.1) is 0 Å². The van der Waals surface area contributed by atoms with Crippen LogP contribution in [0.2, 0.25) is 15.1 Å². The molecule has 0 aliphatic carbocycles. The number of aromatic hydroxyl groups is 1. The van der Waals surface area contributed by atoms with E-state index in [4.69, 9.17) is 51.4 Å². The highest BCUT2D eigenvalue weighted by Crippen LogP contribution is 2.47. The van der Waals surface area contributed by atoms with E-state index >= 15 is 0 Å². The molecule has 1 N–H and O–H groups in total. The topological polar surface area (TPSA) is 91.3 Å². The Bertz CT molecular complexity index is 1510. The molecule has 0 aliphatic heterocycles. The monoisotopic (exact) mass is 678 g/mol. The number of benzene rings is 4. The standard InChI is InChI=1S/C18H18O5.C15H12Cl4O2/c1-21-17(19)15-7-3-13(4-8-15)11-23-12-14-5-9-16(10-6-14)18(20)22-2;1-15(2,8-3-5-9(20)6-4-8)12-10(16)7-11(21-19)13(17)14(12)18/h3-10H,11-12H2,1-2H3;3-7,20H,1-2H3. The van der Waals surface area contributed by atoms with Crippen LogP contribution in [0.15, 0.2) is 78.9 Å². The molecule has 0 unspecified atom stereocenters. The fourth-order valence-corrected chi connectivity index (χ4v) is 5.48. The SMILES string of the molecule is CC(C)(c1ccc(O)cc1)c1c(Cl)cc(OCl)c(Cl)c1Cl.COC(=O)c1ccc(COCc2ccc(C(=O)OC)cc2)cc1. The first-order valence-electron chi connectivity index (χ1n) is 13.1. The molecule has 0 atom stereocenters. The maximum absolute atomic E-state index is 11.3. The van der Waals surface area contributed by atoms with Gasteiger partial charge in [0.15, 0.2) is 5.75 Å². The Morgan fingerprint density at radius 3 is 1.59 bits per heavy atom. The first-order valence-corrected chi connectivity index (χ1v) is 14.6. The number of esters is 2. The van der Waals surface area contributed by atoms with Gasteiger partial charge in [-0.1, -0.05) is 85.0 Å². The molecule has 0 saturated heterocycles.